The van der Waals surface area contributed by atoms with Crippen LogP contribution in [0.3, 0.4) is 0 Å². The molecule has 0 spiro atoms. The summed E-state index contributed by atoms with van der Waals surface area (Å²) in [6, 6.07) is 25.7. The summed E-state index contributed by atoms with van der Waals surface area (Å²) in [6.45, 7) is 2.26. The third kappa shape index (κ3) is 6.01. The topological polar surface area (TPSA) is 90.0 Å². The van der Waals surface area contributed by atoms with E-state index < -0.39 is 23.3 Å². The maximum Gasteiger partial charge on any atom is 0.418 e. The van der Waals surface area contributed by atoms with Gasteiger partial charge in [-0.25, -0.2) is 4.79 Å². The fourth-order valence-electron chi connectivity index (χ4n) is 6.57. The zero-order valence-electron chi connectivity index (χ0n) is 26.5. The molecule has 1 saturated heterocycles. The van der Waals surface area contributed by atoms with Crippen LogP contribution in [-0.2, 0) is 22.9 Å². The molecule has 7 rings (SSSR count). The van der Waals surface area contributed by atoms with Crippen molar-refractivity contribution in [1.82, 2.24) is 15.2 Å². The van der Waals surface area contributed by atoms with Crippen LogP contribution in [0.4, 0.5) is 18.0 Å². The number of nitrogens with zero attached hydrogens (tertiary/aromatic N) is 2. The number of halogens is 3. The number of hydrogen-bond acceptors (Lipinski definition) is 6. The summed E-state index contributed by atoms with van der Waals surface area (Å²) >= 11 is 0. The van der Waals surface area contributed by atoms with Gasteiger partial charge >= 0.3 is 12.2 Å². The van der Waals surface area contributed by atoms with Gasteiger partial charge in [-0.1, -0.05) is 67.6 Å². The Morgan fingerprint density at radius 3 is 2.53 bits per heavy atom. The average molecular weight is 668 g/mol. The van der Waals surface area contributed by atoms with Gasteiger partial charge in [0.25, 0.3) is 5.91 Å². The molecule has 1 unspecified atom stereocenters. The largest absolute Gasteiger partial charge is 0.494 e. The molecule has 4 aromatic carbocycles. The van der Waals surface area contributed by atoms with Crippen molar-refractivity contribution in [2.24, 2.45) is 0 Å². The van der Waals surface area contributed by atoms with E-state index in [2.05, 4.69) is 10.3 Å². The summed E-state index contributed by atoms with van der Waals surface area (Å²) in [6.07, 6.45) is -1.87. The second-order valence-electron chi connectivity index (χ2n) is 12.0. The van der Waals surface area contributed by atoms with Crippen molar-refractivity contribution in [1.29, 1.82) is 0 Å². The van der Waals surface area contributed by atoms with E-state index in [1.54, 1.807) is 42.5 Å². The zero-order valence-corrected chi connectivity index (χ0v) is 26.5. The Balaban J connectivity index is 1.10. The molecule has 0 aliphatic carbocycles. The lowest BCUT2D eigenvalue weighted by Gasteiger charge is -2.26. The molecule has 1 N–H and O–H groups in total. The number of hydrogen-bond donors (Lipinski definition) is 1. The standard InChI is InChI=1S/C38H32F3N3O5/c1-2-37(27-15-16-31-32(21-27)49-23-48-31)35(45)44(36(46)43-37)17-8-18-47-28-12-6-11-25(20-28)33-26(19-24-9-4-3-5-10-24)22-42-34-29(33)13-7-14-30(34)38(39,40)41/h3-7,9-16,20-22H,2,8,17-19,23H2,1H3,(H,43,46). The molecule has 49 heavy (non-hydrogen) atoms. The van der Waals surface area contributed by atoms with E-state index in [4.69, 9.17) is 14.2 Å². The Morgan fingerprint density at radius 2 is 1.73 bits per heavy atom. The molecule has 1 atom stereocenters. The highest BCUT2D eigenvalue weighted by Crippen LogP contribution is 2.41. The summed E-state index contributed by atoms with van der Waals surface area (Å²) in [4.78, 5) is 32.1. The van der Waals surface area contributed by atoms with Crippen LogP contribution >= 0.6 is 0 Å². The average Bonchev–Trinajstić information content (AvgIpc) is 3.67. The van der Waals surface area contributed by atoms with E-state index in [9.17, 15) is 22.8 Å². The summed E-state index contributed by atoms with van der Waals surface area (Å²) < 4.78 is 58.9. The molecule has 0 saturated carbocycles. The zero-order chi connectivity index (χ0) is 34.2. The van der Waals surface area contributed by atoms with Gasteiger partial charge in [-0.05, 0) is 77.4 Å². The van der Waals surface area contributed by atoms with Crippen LogP contribution in [0.25, 0.3) is 22.0 Å². The molecule has 8 nitrogen and oxygen atoms in total. The van der Waals surface area contributed by atoms with Gasteiger partial charge in [0, 0.05) is 18.1 Å². The van der Waals surface area contributed by atoms with Crippen LogP contribution < -0.4 is 19.5 Å². The number of ether oxygens (including phenoxy) is 3. The number of imide groups is 1. The molecular weight excluding hydrogens is 635 g/mol. The minimum Gasteiger partial charge on any atom is -0.494 e. The van der Waals surface area contributed by atoms with Gasteiger partial charge in [-0.3, -0.25) is 14.7 Å². The Kier molecular flexibility index (Phi) is 8.35. The molecule has 5 aromatic rings. The molecule has 3 heterocycles. The van der Waals surface area contributed by atoms with Crippen LogP contribution in [0, 0.1) is 0 Å². The molecule has 3 amide bonds. The minimum absolute atomic E-state index is 0.0975. The van der Waals surface area contributed by atoms with Crippen molar-refractivity contribution in [3.05, 3.63) is 119 Å². The fraction of sp³-hybridized carbons (Fsp3) is 0.237. The normalized spacial score (nSPS) is 17.1. The molecule has 11 heteroatoms. The smallest absolute Gasteiger partial charge is 0.418 e. The highest BCUT2D eigenvalue weighted by molar-refractivity contribution is 6.07. The van der Waals surface area contributed by atoms with Crippen LogP contribution in [0.5, 0.6) is 17.2 Å². The number of rotatable bonds is 10. The van der Waals surface area contributed by atoms with Crippen molar-refractivity contribution < 1.29 is 37.0 Å². The molecule has 2 aliphatic heterocycles. The van der Waals surface area contributed by atoms with E-state index in [0.717, 1.165) is 17.2 Å². The molecule has 0 radical (unpaired) electrons. The monoisotopic (exact) mass is 667 g/mol. The van der Waals surface area contributed by atoms with E-state index in [1.165, 1.54) is 17.2 Å². The van der Waals surface area contributed by atoms with E-state index in [-0.39, 0.29) is 31.4 Å². The van der Waals surface area contributed by atoms with Crippen molar-refractivity contribution in [2.45, 2.75) is 37.9 Å². The van der Waals surface area contributed by atoms with Crippen molar-refractivity contribution >= 4 is 22.8 Å². The second kappa shape index (κ2) is 12.8. The van der Waals surface area contributed by atoms with Crippen LogP contribution in [0.1, 0.15) is 42.0 Å². The first-order valence-electron chi connectivity index (χ1n) is 16.0. The molecule has 0 bridgehead atoms. The van der Waals surface area contributed by atoms with Gasteiger partial charge in [0.1, 0.15) is 11.3 Å². The lowest BCUT2D eigenvalue weighted by molar-refractivity contribution is -0.136. The van der Waals surface area contributed by atoms with Gasteiger partial charge in [0.2, 0.25) is 6.79 Å². The van der Waals surface area contributed by atoms with E-state index >= 15 is 0 Å². The number of urea groups is 1. The predicted molar refractivity (Wildman–Crippen MR) is 176 cm³/mol. The highest BCUT2D eigenvalue weighted by Gasteiger charge is 2.51. The number of para-hydroxylation sites is 1. The number of carbonyl (C=O) groups is 2. The second-order valence-corrected chi connectivity index (χ2v) is 12.0. The third-order valence-corrected chi connectivity index (χ3v) is 9.01. The summed E-state index contributed by atoms with van der Waals surface area (Å²) in [5.74, 6) is 1.25. The molecule has 250 valence electrons. The highest BCUT2D eigenvalue weighted by atomic mass is 19.4. The van der Waals surface area contributed by atoms with Gasteiger partial charge in [-0.15, -0.1) is 0 Å². The maximum atomic E-state index is 14.0. The summed E-state index contributed by atoms with van der Waals surface area (Å²) in [5, 5.41) is 3.27. The maximum absolute atomic E-state index is 14.0. The first kappa shape index (κ1) is 32.0. The lowest BCUT2D eigenvalue weighted by atomic mass is 9.87. The number of aromatic nitrogens is 1. The predicted octanol–water partition coefficient (Wildman–Crippen LogP) is 7.87. The van der Waals surface area contributed by atoms with Gasteiger partial charge in [0.15, 0.2) is 11.5 Å². The Morgan fingerprint density at radius 1 is 0.939 bits per heavy atom. The Hall–Kier alpha value is -5.58. The number of amides is 3. The third-order valence-electron chi connectivity index (χ3n) is 9.01. The van der Waals surface area contributed by atoms with Crippen LogP contribution in [0.15, 0.2) is 97.2 Å². The molecule has 1 aromatic heterocycles. The molecule has 2 aliphatic rings. The van der Waals surface area contributed by atoms with Crippen molar-refractivity contribution in [3.63, 3.8) is 0 Å². The van der Waals surface area contributed by atoms with E-state index in [0.29, 0.717) is 58.6 Å². The van der Waals surface area contributed by atoms with Crippen molar-refractivity contribution in [2.75, 3.05) is 19.9 Å². The number of fused-ring (bicyclic) bond motifs is 2. The Labute approximate surface area is 280 Å². The quantitative estimate of drug-likeness (QED) is 0.121. The van der Waals surface area contributed by atoms with E-state index in [1.807, 2.05) is 43.3 Å². The first-order chi connectivity index (χ1) is 23.7. The van der Waals surface area contributed by atoms with Gasteiger partial charge < -0.3 is 19.5 Å². The van der Waals surface area contributed by atoms with Gasteiger partial charge in [-0.2, -0.15) is 13.2 Å². The number of benzene rings is 4. The summed E-state index contributed by atoms with van der Waals surface area (Å²) in [7, 11) is 0. The first-order valence-corrected chi connectivity index (χ1v) is 16.0. The fourth-order valence-corrected chi connectivity index (χ4v) is 6.57. The number of pyridine rings is 1. The van der Waals surface area contributed by atoms with Crippen molar-refractivity contribution in [3.8, 4) is 28.4 Å². The number of alkyl halides is 3. The number of carbonyl (C=O) groups excluding carboxylic acids is 2. The molecular formula is C38H32F3N3O5. The Bertz CT molecular complexity index is 2050. The SMILES string of the molecule is CCC1(c2ccc3c(c2)OCO3)NC(=O)N(CCCOc2cccc(-c3c(Cc4ccccc4)cnc4c(C(F)(F)F)cccc34)c2)C1=O. The summed E-state index contributed by atoms with van der Waals surface area (Å²) in [5.41, 5.74) is 1.58. The number of nitrogens with one attached hydrogen (secondary N) is 1. The lowest BCUT2D eigenvalue weighted by Crippen LogP contribution is -2.43. The molecule has 1 fully saturated rings. The van der Waals surface area contributed by atoms with Crippen LogP contribution in [-0.4, -0.2) is 41.8 Å². The van der Waals surface area contributed by atoms with Gasteiger partial charge in [0.05, 0.1) is 17.7 Å². The minimum atomic E-state index is -4.56. The van der Waals surface area contributed by atoms with Crippen LogP contribution in [0.2, 0.25) is 0 Å².